The summed E-state index contributed by atoms with van der Waals surface area (Å²) in [7, 11) is -3.57. The van der Waals surface area contributed by atoms with E-state index in [1.54, 1.807) is 24.3 Å². The van der Waals surface area contributed by atoms with Crippen LogP contribution in [-0.4, -0.2) is 14.4 Å². The van der Waals surface area contributed by atoms with Gasteiger partial charge < -0.3 is 4.74 Å². The Hall–Kier alpha value is -0.0131. The average molecular weight is 332 g/mol. The number of benzene rings is 1. The highest BCUT2D eigenvalue weighted by Crippen LogP contribution is 2.24. The second-order valence-electron chi connectivity index (χ2n) is 4.50. The van der Waals surface area contributed by atoms with E-state index in [1.165, 1.54) is 0 Å². The summed E-state index contributed by atoms with van der Waals surface area (Å²) in [6.07, 6.45) is 0. The number of ether oxygens (including phenoxy) is 1. The number of para-hydroxylation sites is 1. The Balaban J connectivity index is 3.23. The maximum Gasteiger partial charge on any atom is 0.590 e. The van der Waals surface area contributed by atoms with Crippen molar-refractivity contribution in [1.29, 1.82) is 0 Å². The molecule has 0 N–H and O–H groups in total. The molecule has 0 radical (unpaired) electrons. The maximum absolute atomic E-state index is 5.76. The summed E-state index contributed by atoms with van der Waals surface area (Å²) in [4.78, 5) is 0. The molecule has 0 aromatic heterocycles. The van der Waals surface area contributed by atoms with Crippen molar-refractivity contribution in [3.63, 3.8) is 0 Å². The summed E-state index contributed by atoms with van der Waals surface area (Å²) in [5, 5.41) is 0.444. The van der Waals surface area contributed by atoms with E-state index >= 15 is 0 Å². The molecule has 0 heterocycles. The Bertz CT molecular complexity index is 385. The van der Waals surface area contributed by atoms with Gasteiger partial charge in [-0.2, -0.15) is 0 Å². The van der Waals surface area contributed by atoms with Crippen LogP contribution >= 0.6 is 35.6 Å². The molecule has 1 aromatic rings. The van der Waals surface area contributed by atoms with Crippen molar-refractivity contribution >= 4 is 49.6 Å². The van der Waals surface area contributed by atoms with Crippen LogP contribution in [0, 0.1) is 0 Å². The topological polar surface area (TPSA) is 36.9 Å². The molecule has 0 amide bonds. The first kappa shape index (κ1) is 16.0. The van der Waals surface area contributed by atoms with E-state index in [2.05, 4.69) is 0 Å². The van der Waals surface area contributed by atoms with Gasteiger partial charge in [0.1, 0.15) is 11.4 Å². The highest BCUT2D eigenvalue weighted by molar-refractivity contribution is 6.83. The number of hydrogen-bond acceptors (Lipinski definition) is 4. The fourth-order valence-electron chi connectivity index (χ4n) is 1.30. The molecule has 0 atom stereocenters. The Morgan fingerprint density at radius 3 is 1.89 bits per heavy atom. The highest BCUT2D eigenvalue weighted by Gasteiger charge is 2.48. The summed E-state index contributed by atoms with van der Waals surface area (Å²) in [6, 6.07) is 6.93. The Morgan fingerprint density at radius 1 is 0.944 bits per heavy atom. The Labute approximate surface area is 123 Å². The summed E-state index contributed by atoms with van der Waals surface area (Å²) in [5.74, 6) is 0.485. The Morgan fingerprint density at radius 2 is 1.44 bits per heavy atom. The first-order valence-electron chi connectivity index (χ1n) is 5.06. The standard InChI is InChI=1S/C10H13Cl3O4Si/c1-10(2,3)14-8-6-4-5-7-9(8)18(15-11,16-12)17-13/h4-7H,1-3H3. The molecule has 0 unspecified atom stereocenters. The van der Waals surface area contributed by atoms with Crippen molar-refractivity contribution in [3.8, 4) is 5.75 Å². The van der Waals surface area contributed by atoms with Crippen molar-refractivity contribution < 1.29 is 16.7 Å². The predicted octanol–water partition coefficient (Wildman–Crippen LogP) is 3.52. The number of halogens is 3. The lowest BCUT2D eigenvalue weighted by Gasteiger charge is -2.26. The van der Waals surface area contributed by atoms with Gasteiger partial charge in [0, 0.05) is 0 Å². The summed E-state index contributed by atoms with van der Waals surface area (Å²) < 4.78 is 19.9. The van der Waals surface area contributed by atoms with Gasteiger partial charge in [0.05, 0.1) is 40.8 Å². The fraction of sp³-hybridized carbons (Fsp3) is 0.400. The molecule has 0 fully saturated rings. The zero-order valence-corrected chi connectivity index (χ0v) is 13.3. The molecular weight excluding hydrogens is 319 g/mol. The van der Waals surface area contributed by atoms with E-state index in [-0.39, 0.29) is 0 Å². The third kappa shape index (κ3) is 3.74. The molecule has 0 aliphatic carbocycles. The smallest absolute Gasteiger partial charge is 0.488 e. The molecule has 0 saturated heterocycles. The van der Waals surface area contributed by atoms with Crippen molar-refractivity contribution in [3.05, 3.63) is 24.3 Å². The summed E-state index contributed by atoms with van der Waals surface area (Å²) in [5.41, 5.74) is -0.415. The number of rotatable bonds is 5. The van der Waals surface area contributed by atoms with Crippen LogP contribution in [0.4, 0.5) is 0 Å². The van der Waals surface area contributed by atoms with Crippen LogP contribution < -0.4 is 9.92 Å². The maximum atomic E-state index is 5.76. The van der Waals surface area contributed by atoms with Crippen LogP contribution in [0.2, 0.25) is 0 Å². The zero-order valence-electron chi connectivity index (χ0n) is 10.1. The fourth-order valence-corrected chi connectivity index (χ4v) is 3.96. The zero-order chi connectivity index (χ0) is 13.8. The monoisotopic (exact) mass is 330 g/mol. The lowest BCUT2D eigenvalue weighted by atomic mass is 10.2. The molecule has 0 saturated carbocycles. The molecule has 102 valence electrons. The summed E-state index contributed by atoms with van der Waals surface area (Å²) in [6.45, 7) is 5.70. The van der Waals surface area contributed by atoms with Crippen LogP contribution in [0.5, 0.6) is 5.75 Å². The van der Waals surface area contributed by atoms with Gasteiger partial charge in [-0.1, -0.05) is 18.2 Å². The average Bonchev–Trinajstić information content (AvgIpc) is 2.32. The quantitative estimate of drug-likeness (QED) is 0.774. The molecule has 0 aliphatic heterocycles. The van der Waals surface area contributed by atoms with E-state index in [9.17, 15) is 0 Å². The second kappa shape index (κ2) is 6.43. The van der Waals surface area contributed by atoms with E-state index in [1.807, 2.05) is 20.8 Å². The van der Waals surface area contributed by atoms with E-state index in [4.69, 9.17) is 52.3 Å². The van der Waals surface area contributed by atoms with Crippen molar-refractivity contribution in [1.82, 2.24) is 0 Å². The van der Waals surface area contributed by atoms with Gasteiger partial charge in [-0.05, 0) is 26.8 Å². The lowest BCUT2D eigenvalue weighted by molar-refractivity contribution is 0.131. The van der Waals surface area contributed by atoms with Crippen LogP contribution in [0.25, 0.3) is 0 Å². The van der Waals surface area contributed by atoms with Gasteiger partial charge in [0.2, 0.25) is 0 Å². The van der Waals surface area contributed by atoms with E-state index in [0.717, 1.165) is 0 Å². The first-order valence-corrected chi connectivity index (χ1v) is 7.71. The lowest BCUT2D eigenvalue weighted by Crippen LogP contribution is -2.52. The SMILES string of the molecule is CC(C)(C)Oc1ccccc1[Si](OCl)(OCl)OCl. The predicted molar refractivity (Wildman–Crippen MR) is 73.0 cm³/mol. The van der Waals surface area contributed by atoms with Gasteiger partial charge >= 0.3 is 8.80 Å². The Kier molecular flexibility index (Phi) is 5.73. The third-order valence-electron chi connectivity index (χ3n) is 1.94. The molecule has 18 heavy (non-hydrogen) atoms. The largest absolute Gasteiger partial charge is 0.590 e. The highest BCUT2D eigenvalue weighted by atomic mass is 35.5. The van der Waals surface area contributed by atoms with Gasteiger partial charge in [0.15, 0.2) is 0 Å². The van der Waals surface area contributed by atoms with Crippen LogP contribution in [0.3, 0.4) is 0 Å². The number of hydrogen-bond donors (Lipinski definition) is 0. The first-order chi connectivity index (χ1) is 8.38. The molecule has 0 bridgehead atoms. The van der Waals surface area contributed by atoms with Gasteiger partial charge in [-0.3, -0.25) is 11.9 Å². The van der Waals surface area contributed by atoms with Crippen LogP contribution in [0.1, 0.15) is 20.8 Å². The van der Waals surface area contributed by atoms with Gasteiger partial charge in [-0.15, -0.1) is 0 Å². The van der Waals surface area contributed by atoms with Gasteiger partial charge in [0.25, 0.3) is 0 Å². The molecule has 1 aromatic carbocycles. The van der Waals surface area contributed by atoms with Crippen molar-refractivity contribution in [2.75, 3.05) is 0 Å². The second-order valence-corrected chi connectivity index (χ2v) is 8.00. The normalized spacial score (nSPS) is 12.6. The minimum atomic E-state index is -3.57. The molecule has 0 aliphatic rings. The van der Waals surface area contributed by atoms with Gasteiger partial charge in [-0.25, -0.2) is 0 Å². The van der Waals surface area contributed by atoms with E-state index in [0.29, 0.717) is 10.9 Å². The van der Waals surface area contributed by atoms with Crippen LogP contribution in [-0.2, 0) is 11.9 Å². The molecule has 1 rings (SSSR count). The minimum absolute atomic E-state index is 0.415. The molecular formula is C10H13Cl3O4Si. The molecule has 0 spiro atoms. The van der Waals surface area contributed by atoms with Crippen molar-refractivity contribution in [2.24, 2.45) is 0 Å². The van der Waals surface area contributed by atoms with E-state index < -0.39 is 14.4 Å². The summed E-state index contributed by atoms with van der Waals surface area (Å²) >= 11 is 16.2. The molecule has 8 heteroatoms. The minimum Gasteiger partial charge on any atom is -0.488 e. The van der Waals surface area contributed by atoms with Crippen LogP contribution in [0.15, 0.2) is 24.3 Å². The molecule has 4 nitrogen and oxygen atoms in total. The van der Waals surface area contributed by atoms with Crippen molar-refractivity contribution in [2.45, 2.75) is 26.4 Å². The third-order valence-corrected chi connectivity index (χ3v) is 5.45.